The molecule has 14 heavy (non-hydrogen) atoms. The summed E-state index contributed by atoms with van der Waals surface area (Å²) >= 11 is 3.64. The van der Waals surface area contributed by atoms with Crippen molar-refractivity contribution < 1.29 is 0 Å². The van der Waals surface area contributed by atoms with Crippen molar-refractivity contribution in [3.8, 4) is 0 Å². The minimum atomic E-state index is 0.306. The van der Waals surface area contributed by atoms with Gasteiger partial charge in [0, 0.05) is 16.4 Å². The van der Waals surface area contributed by atoms with E-state index in [0.29, 0.717) is 5.41 Å². The van der Waals surface area contributed by atoms with Crippen molar-refractivity contribution in [2.75, 3.05) is 6.54 Å². The van der Waals surface area contributed by atoms with E-state index in [4.69, 9.17) is 5.73 Å². The third-order valence-corrected chi connectivity index (χ3v) is 4.62. The molecule has 1 nitrogen and oxygen atoms in total. The first-order chi connectivity index (χ1) is 6.60. The normalized spacial score (nSPS) is 18.3. The van der Waals surface area contributed by atoms with Crippen molar-refractivity contribution in [1.29, 1.82) is 0 Å². The number of nitrogens with two attached hydrogens (primary N) is 1. The molecular formula is C12H16BrN. The van der Waals surface area contributed by atoms with Crippen molar-refractivity contribution in [3.63, 3.8) is 0 Å². The number of hydrogen-bond acceptors (Lipinski definition) is 1. The number of rotatable bonds is 2. The van der Waals surface area contributed by atoms with E-state index in [0.717, 1.165) is 6.54 Å². The van der Waals surface area contributed by atoms with Crippen LogP contribution in [0.3, 0.4) is 0 Å². The standard InChI is InChI=1S/C12H16BrN/c1-8-3-4-10(9(2)11(8)13)12(7-14)5-6-12/h3-4H,5-7,14H2,1-2H3. The second kappa shape index (κ2) is 3.35. The van der Waals surface area contributed by atoms with Gasteiger partial charge >= 0.3 is 0 Å². The summed E-state index contributed by atoms with van der Waals surface area (Å²) in [4.78, 5) is 0. The fourth-order valence-corrected chi connectivity index (χ4v) is 2.48. The van der Waals surface area contributed by atoms with Gasteiger partial charge in [0.05, 0.1) is 0 Å². The molecule has 2 heteroatoms. The molecule has 1 aliphatic rings. The van der Waals surface area contributed by atoms with Crippen LogP contribution in [0.4, 0.5) is 0 Å². The number of aryl methyl sites for hydroxylation is 1. The summed E-state index contributed by atoms with van der Waals surface area (Å²) < 4.78 is 1.25. The summed E-state index contributed by atoms with van der Waals surface area (Å²) in [5.41, 5.74) is 10.3. The summed E-state index contributed by atoms with van der Waals surface area (Å²) in [6.45, 7) is 5.09. The zero-order valence-electron chi connectivity index (χ0n) is 8.73. The molecule has 0 aliphatic heterocycles. The van der Waals surface area contributed by atoms with E-state index in [1.54, 1.807) is 0 Å². The van der Waals surface area contributed by atoms with Gasteiger partial charge in [0.1, 0.15) is 0 Å². The maximum atomic E-state index is 5.84. The molecule has 0 amide bonds. The second-order valence-corrected chi connectivity index (χ2v) is 5.15. The topological polar surface area (TPSA) is 26.0 Å². The SMILES string of the molecule is Cc1ccc(C2(CN)CC2)c(C)c1Br. The highest BCUT2D eigenvalue weighted by Crippen LogP contribution is 2.49. The molecule has 2 N–H and O–H groups in total. The predicted octanol–water partition coefficient (Wildman–Crippen LogP) is 3.06. The number of benzene rings is 1. The van der Waals surface area contributed by atoms with Crippen molar-refractivity contribution in [2.24, 2.45) is 5.73 Å². The van der Waals surface area contributed by atoms with Crippen molar-refractivity contribution in [2.45, 2.75) is 32.1 Å². The molecular weight excluding hydrogens is 238 g/mol. The first-order valence-electron chi connectivity index (χ1n) is 5.07. The number of halogens is 1. The minimum absolute atomic E-state index is 0.306. The van der Waals surface area contributed by atoms with Crippen LogP contribution in [0.2, 0.25) is 0 Å². The Balaban J connectivity index is 2.50. The third kappa shape index (κ3) is 1.41. The molecule has 0 saturated heterocycles. The van der Waals surface area contributed by atoms with Gasteiger partial charge in [-0.3, -0.25) is 0 Å². The highest BCUT2D eigenvalue weighted by atomic mass is 79.9. The fraction of sp³-hybridized carbons (Fsp3) is 0.500. The second-order valence-electron chi connectivity index (χ2n) is 4.35. The molecule has 2 rings (SSSR count). The summed E-state index contributed by atoms with van der Waals surface area (Å²) in [7, 11) is 0. The van der Waals surface area contributed by atoms with E-state index in [1.807, 2.05) is 0 Å². The lowest BCUT2D eigenvalue weighted by molar-refractivity contribution is 0.698. The molecule has 0 heterocycles. The van der Waals surface area contributed by atoms with Crippen LogP contribution in [0.1, 0.15) is 29.5 Å². The Morgan fingerprint density at radius 3 is 2.50 bits per heavy atom. The van der Waals surface area contributed by atoms with Crippen LogP contribution in [0.5, 0.6) is 0 Å². The van der Waals surface area contributed by atoms with Crippen molar-refractivity contribution in [1.82, 2.24) is 0 Å². The van der Waals surface area contributed by atoms with Gasteiger partial charge in [-0.1, -0.05) is 28.1 Å². The van der Waals surface area contributed by atoms with E-state index < -0.39 is 0 Å². The zero-order valence-corrected chi connectivity index (χ0v) is 10.3. The lowest BCUT2D eigenvalue weighted by Gasteiger charge is -2.18. The Morgan fingerprint density at radius 1 is 1.36 bits per heavy atom. The zero-order chi connectivity index (χ0) is 10.3. The highest BCUT2D eigenvalue weighted by molar-refractivity contribution is 9.10. The molecule has 1 aliphatic carbocycles. The minimum Gasteiger partial charge on any atom is -0.330 e. The molecule has 0 atom stereocenters. The molecule has 1 fully saturated rings. The first kappa shape index (κ1) is 10.2. The van der Waals surface area contributed by atoms with Gasteiger partial charge in [0.25, 0.3) is 0 Å². The maximum absolute atomic E-state index is 5.84. The smallest absolute Gasteiger partial charge is 0.0236 e. The molecule has 0 unspecified atom stereocenters. The van der Waals surface area contributed by atoms with Crippen LogP contribution < -0.4 is 5.73 Å². The van der Waals surface area contributed by atoms with E-state index in [2.05, 4.69) is 41.9 Å². The van der Waals surface area contributed by atoms with Gasteiger partial charge in [0.2, 0.25) is 0 Å². The van der Waals surface area contributed by atoms with Gasteiger partial charge in [0.15, 0.2) is 0 Å². The van der Waals surface area contributed by atoms with E-state index >= 15 is 0 Å². The van der Waals surface area contributed by atoms with Crippen LogP contribution in [0.25, 0.3) is 0 Å². The fourth-order valence-electron chi connectivity index (χ4n) is 2.13. The summed E-state index contributed by atoms with van der Waals surface area (Å²) in [6.07, 6.45) is 2.50. The van der Waals surface area contributed by atoms with E-state index in [9.17, 15) is 0 Å². The quantitative estimate of drug-likeness (QED) is 0.862. The molecule has 1 aromatic carbocycles. The van der Waals surface area contributed by atoms with Crippen molar-refractivity contribution in [3.05, 3.63) is 33.3 Å². The molecule has 0 bridgehead atoms. The Kier molecular flexibility index (Phi) is 2.44. The lowest BCUT2D eigenvalue weighted by Crippen LogP contribution is -2.20. The van der Waals surface area contributed by atoms with Gasteiger partial charge in [-0.15, -0.1) is 0 Å². The van der Waals surface area contributed by atoms with Crippen LogP contribution in [-0.2, 0) is 5.41 Å². The average molecular weight is 254 g/mol. The molecule has 76 valence electrons. The Morgan fingerprint density at radius 2 is 2.00 bits per heavy atom. The van der Waals surface area contributed by atoms with Crippen LogP contribution in [0.15, 0.2) is 16.6 Å². The van der Waals surface area contributed by atoms with E-state index in [1.165, 1.54) is 34.0 Å². The molecule has 1 saturated carbocycles. The van der Waals surface area contributed by atoms with Crippen LogP contribution >= 0.6 is 15.9 Å². The summed E-state index contributed by atoms with van der Waals surface area (Å²) in [5, 5.41) is 0. The third-order valence-electron chi connectivity index (χ3n) is 3.40. The monoisotopic (exact) mass is 253 g/mol. The highest BCUT2D eigenvalue weighted by Gasteiger charge is 2.43. The lowest BCUT2D eigenvalue weighted by atomic mass is 9.91. The number of hydrogen-bond donors (Lipinski definition) is 1. The molecule has 0 aromatic heterocycles. The maximum Gasteiger partial charge on any atom is 0.0236 e. The van der Waals surface area contributed by atoms with Crippen molar-refractivity contribution >= 4 is 15.9 Å². The summed E-state index contributed by atoms with van der Waals surface area (Å²) in [6, 6.07) is 4.43. The van der Waals surface area contributed by atoms with Gasteiger partial charge < -0.3 is 5.73 Å². The Bertz CT molecular complexity index is 367. The van der Waals surface area contributed by atoms with Gasteiger partial charge in [-0.2, -0.15) is 0 Å². The van der Waals surface area contributed by atoms with Gasteiger partial charge in [-0.25, -0.2) is 0 Å². The van der Waals surface area contributed by atoms with Gasteiger partial charge in [-0.05, 0) is 43.4 Å². The molecule has 0 radical (unpaired) electrons. The summed E-state index contributed by atoms with van der Waals surface area (Å²) in [5.74, 6) is 0. The average Bonchev–Trinajstić information content (AvgIpc) is 2.95. The molecule has 0 spiro atoms. The van der Waals surface area contributed by atoms with E-state index in [-0.39, 0.29) is 0 Å². The Labute approximate surface area is 93.8 Å². The predicted molar refractivity (Wildman–Crippen MR) is 63.6 cm³/mol. The van der Waals surface area contributed by atoms with Crippen LogP contribution in [-0.4, -0.2) is 6.54 Å². The Hall–Kier alpha value is -0.340. The largest absolute Gasteiger partial charge is 0.330 e. The van der Waals surface area contributed by atoms with Crippen LogP contribution in [0, 0.1) is 13.8 Å². The first-order valence-corrected chi connectivity index (χ1v) is 5.86. The molecule has 1 aromatic rings.